The Hall–Kier alpha value is -3.16. The molecule has 1 aliphatic rings. The molecule has 0 fully saturated rings. The fourth-order valence-corrected chi connectivity index (χ4v) is 4.94. The average Bonchev–Trinajstić information content (AvgIpc) is 3.23. The number of rotatable bonds is 5. The number of nitrogens with one attached hydrogen (secondary N) is 2. The molecule has 0 aliphatic carbocycles. The van der Waals surface area contributed by atoms with Crippen molar-refractivity contribution in [2.45, 2.75) is 19.9 Å². The normalized spacial score (nSPS) is 14.8. The van der Waals surface area contributed by atoms with Gasteiger partial charge in [-0.15, -0.1) is 0 Å². The van der Waals surface area contributed by atoms with Crippen LogP contribution in [0, 0.1) is 6.92 Å². The molecule has 1 unspecified atom stereocenters. The van der Waals surface area contributed by atoms with E-state index in [0.29, 0.717) is 0 Å². The van der Waals surface area contributed by atoms with E-state index in [1.165, 1.54) is 11.1 Å². The minimum absolute atomic E-state index is 0.718. The molecule has 0 amide bonds. The zero-order chi connectivity index (χ0) is 22.2. The van der Waals surface area contributed by atoms with Crippen LogP contribution in [0.25, 0.3) is 22.4 Å². The number of fused-ring (bicyclic) bond motifs is 2. The van der Waals surface area contributed by atoms with Gasteiger partial charge < -0.3 is 15.0 Å². The van der Waals surface area contributed by atoms with E-state index in [9.17, 15) is 4.21 Å². The summed E-state index contributed by atoms with van der Waals surface area (Å²) in [6, 6.07) is 18.5. The molecule has 164 valence electrons. The van der Waals surface area contributed by atoms with E-state index in [0.717, 1.165) is 64.6 Å². The highest BCUT2D eigenvalue weighted by molar-refractivity contribution is 7.81. The Morgan fingerprint density at radius 3 is 2.84 bits per heavy atom. The number of aryl methyl sites for hydroxylation is 1. The average molecular weight is 447 g/mol. The minimum Gasteiger partial charge on any atom is -0.497 e. The summed E-state index contributed by atoms with van der Waals surface area (Å²) in [5.41, 5.74) is 8.72. The number of ether oxygens (including phenoxy) is 1. The van der Waals surface area contributed by atoms with Gasteiger partial charge in [-0.2, -0.15) is 0 Å². The van der Waals surface area contributed by atoms with Gasteiger partial charge in [-0.1, -0.05) is 18.2 Å². The molecule has 1 atom stereocenters. The third-order valence-corrected chi connectivity index (χ3v) is 7.09. The highest BCUT2D eigenvalue weighted by Crippen LogP contribution is 2.32. The zero-order valence-corrected chi connectivity index (χ0v) is 19.3. The quantitative estimate of drug-likeness (QED) is 0.455. The lowest BCUT2D eigenvalue weighted by atomic mass is 9.98. The summed E-state index contributed by atoms with van der Waals surface area (Å²) in [6.45, 7) is 3.61. The van der Waals surface area contributed by atoms with Gasteiger partial charge in [-0.3, -0.25) is 0 Å². The molecule has 0 bridgehead atoms. The number of aromatic amines is 1. The smallest absolute Gasteiger partial charge is 0.138 e. The van der Waals surface area contributed by atoms with Crippen molar-refractivity contribution in [3.8, 4) is 17.1 Å². The maximum Gasteiger partial charge on any atom is 0.138 e. The van der Waals surface area contributed by atoms with Crippen LogP contribution >= 0.6 is 0 Å². The van der Waals surface area contributed by atoms with Gasteiger partial charge in [-0.05, 0) is 60.4 Å². The van der Waals surface area contributed by atoms with Crippen LogP contribution in [0.15, 0.2) is 54.6 Å². The van der Waals surface area contributed by atoms with Crippen LogP contribution in [0.2, 0.25) is 0 Å². The predicted molar refractivity (Wildman–Crippen MR) is 131 cm³/mol. The monoisotopic (exact) mass is 446 g/mol. The third-order valence-electron chi connectivity index (χ3n) is 6.06. The molecule has 5 rings (SSSR count). The Morgan fingerprint density at radius 1 is 1.16 bits per heavy atom. The molecule has 7 heteroatoms. The fraction of sp³-hybridized carbons (Fsp3) is 0.240. The van der Waals surface area contributed by atoms with E-state index in [4.69, 9.17) is 9.72 Å². The zero-order valence-electron chi connectivity index (χ0n) is 18.4. The number of nitrogens with zero attached hydrogens (tertiary/aromatic N) is 2. The molecule has 1 aromatic heterocycles. The number of benzene rings is 3. The Kier molecular flexibility index (Phi) is 5.45. The highest BCUT2D eigenvalue weighted by Gasteiger charge is 2.21. The topological polar surface area (TPSA) is 70.2 Å². The van der Waals surface area contributed by atoms with Crippen LogP contribution < -0.4 is 10.1 Å². The number of anilines is 2. The second-order valence-electron chi connectivity index (χ2n) is 8.10. The first-order valence-electron chi connectivity index (χ1n) is 10.6. The van der Waals surface area contributed by atoms with Crippen LogP contribution in [0.3, 0.4) is 0 Å². The van der Waals surface area contributed by atoms with Crippen molar-refractivity contribution < 1.29 is 8.95 Å². The third kappa shape index (κ3) is 3.89. The lowest BCUT2D eigenvalue weighted by molar-refractivity contribution is 0.415. The van der Waals surface area contributed by atoms with Crippen molar-refractivity contribution in [1.29, 1.82) is 0 Å². The number of H-pyrrole nitrogens is 1. The van der Waals surface area contributed by atoms with Gasteiger partial charge in [0.2, 0.25) is 0 Å². The minimum atomic E-state index is -0.945. The second-order valence-corrected chi connectivity index (χ2v) is 9.47. The summed E-state index contributed by atoms with van der Waals surface area (Å²) in [5, 5.41) is 3.61. The molecule has 6 nitrogen and oxygen atoms in total. The summed E-state index contributed by atoms with van der Waals surface area (Å²) in [6.07, 6.45) is 2.62. The molecule has 0 saturated heterocycles. The van der Waals surface area contributed by atoms with Crippen LogP contribution in [0.1, 0.15) is 16.7 Å². The Balaban J connectivity index is 1.47. The number of hydrogen-bond acceptors (Lipinski definition) is 4. The van der Waals surface area contributed by atoms with Crippen molar-refractivity contribution in [1.82, 2.24) is 14.3 Å². The molecular formula is C25H26N4O2S. The number of hydrogen-bond donors (Lipinski definition) is 2. The van der Waals surface area contributed by atoms with E-state index >= 15 is 0 Å². The molecule has 0 saturated carbocycles. The van der Waals surface area contributed by atoms with E-state index in [2.05, 4.69) is 53.6 Å². The summed E-state index contributed by atoms with van der Waals surface area (Å²) in [4.78, 5) is 8.22. The van der Waals surface area contributed by atoms with Crippen LogP contribution in [0.5, 0.6) is 5.75 Å². The Labute approximate surface area is 190 Å². The van der Waals surface area contributed by atoms with Crippen molar-refractivity contribution >= 4 is 33.4 Å². The van der Waals surface area contributed by atoms with Crippen molar-refractivity contribution in [3.05, 3.63) is 71.3 Å². The molecule has 0 radical (unpaired) electrons. The largest absolute Gasteiger partial charge is 0.497 e. The van der Waals surface area contributed by atoms with Gasteiger partial charge >= 0.3 is 0 Å². The maximum absolute atomic E-state index is 11.9. The van der Waals surface area contributed by atoms with E-state index < -0.39 is 11.0 Å². The first-order chi connectivity index (χ1) is 15.5. The molecule has 4 aromatic rings. The predicted octanol–water partition coefficient (Wildman–Crippen LogP) is 4.94. The van der Waals surface area contributed by atoms with Crippen LogP contribution in [-0.4, -0.2) is 38.4 Å². The summed E-state index contributed by atoms with van der Waals surface area (Å²) in [5.74, 6) is 1.64. The van der Waals surface area contributed by atoms with Gasteiger partial charge in [-0.25, -0.2) is 13.5 Å². The fourth-order valence-electron chi connectivity index (χ4n) is 4.27. The molecule has 3 aromatic carbocycles. The number of imidazole rings is 1. The van der Waals surface area contributed by atoms with Gasteiger partial charge in [0.15, 0.2) is 0 Å². The molecule has 0 spiro atoms. The summed E-state index contributed by atoms with van der Waals surface area (Å²) < 4.78 is 19.2. The maximum atomic E-state index is 11.9. The lowest BCUT2D eigenvalue weighted by Gasteiger charge is -2.28. The van der Waals surface area contributed by atoms with Gasteiger partial charge in [0.1, 0.15) is 11.6 Å². The number of aromatic nitrogens is 2. The van der Waals surface area contributed by atoms with Gasteiger partial charge in [0.05, 0.1) is 29.1 Å². The Bertz CT molecular complexity index is 1330. The lowest BCUT2D eigenvalue weighted by Crippen LogP contribution is -2.31. The van der Waals surface area contributed by atoms with Gasteiger partial charge in [0.25, 0.3) is 0 Å². The van der Waals surface area contributed by atoms with Gasteiger partial charge in [0, 0.05) is 42.3 Å². The van der Waals surface area contributed by atoms with Crippen molar-refractivity contribution in [2.24, 2.45) is 0 Å². The molecule has 2 N–H and O–H groups in total. The number of methoxy groups -OCH3 is 1. The highest BCUT2D eigenvalue weighted by atomic mass is 32.2. The van der Waals surface area contributed by atoms with E-state index in [1.807, 2.05) is 22.5 Å². The summed E-state index contributed by atoms with van der Waals surface area (Å²) >= 11 is 0. The van der Waals surface area contributed by atoms with E-state index in [-0.39, 0.29) is 0 Å². The standard InChI is InChI=1S/C25H26N4O2S/c1-16-7-8-18(13-21(16)25-27-23-10-9-19(31-2)14-24(23)28-25)26-22-6-4-5-17-15-29(32(3)30)12-11-20(17)22/h4-10,13-14,26H,11-12,15H2,1-3H3,(H,27,28). The Morgan fingerprint density at radius 2 is 2.03 bits per heavy atom. The first kappa shape index (κ1) is 20.7. The SMILES string of the molecule is COc1ccc2nc(-c3cc(Nc4cccc5c4CCN(S(C)=O)C5)ccc3C)[nH]c2c1. The van der Waals surface area contributed by atoms with Crippen LogP contribution in [-0.2, 0) is 24.0 Å². The summed E-state index contributed by atoms with van der Waals surface area (Å²) in [7, 11) is 0.721. The second kappa shape index (κ2) is 8.41. The molecule has 1 aliphatic heterocycles. The van der Waals surface area contributed by atoms with Crippen molar-refractivity contribution in [2.75, 3.05) is 25.2 Å². The van der Waals surface area contributed by atoms with E-state index in [1.54, 1.807) is 13.4 Å². The van der Waals surface area contributed by atoms with Crippen molar-refractivity contribution in [3.63, 3.8) is 0 Å². The molecule has 32 heavy (non-hydrogen) atoms. The van der Waals surface area contributed by atoms with Crippen LogP contribution in [0.4, 0.5) is 11.4 Å². The first-order valence-corrected chi connectivity index (χ1v) is 12.1. The molecule has 2 heterocycles. The molecular weight excluding hydrogens is 420 g/mol.